The molecule has 0 aromatic heterocycles. The fourth-order valence-electron chi connectivity index (χ4n) is 4.65. The molecule has 3 aliphatic rings. The molecular formula is C23H22ClNO2. The normalized spacial score (nSPS) is 27.3. The summed E-state index contributed by atoms with van der Waals surface area (Å²) in [7, 11) is 0. The van der Waals surface area contributed by atoms with Crippen LogP contribution in [0.3, 0.4) is 0 Å². The van der Waals surface area contributed by atoms with Crippen LogP contribution in [0.15, 0.2) is 46.7 Å². The van der Waals surface area contributed by atoms with E-state index in [-0.39, 0.29) is 29.3 Å². The Hall–Kier alpha value is -2.31. The molecule has 3 atom stereocenters. The number of carbonyl (C=O) groups excluding carboxylic acids is 1. The number of carbonyl (C=O) groups is 1. The smallest absolute Gasteiger partial charge is 0.169 e. The third-order valence-corrected chi connectivity index (χ3v) is 6.56. The van der Waals surface area contributed by atoms with Crippen molar-refractivity contribution in [2.45, 2.75) is 44.9 Å². The van der Waals surface area contributed by atoms with Crippen LogP contribution in [0.2, 0.25) is 0 Å². The van der Waals surface area contributed by atoms with E-state index in [1.807, 2.05) is 18.2 Å². The number of fused-ring (bicyclic) bond motifs is 2. The van der Waals surface area contributed by atoms with Gasteiger partial charge in [-0.05, 0) is 48.8 Å². The quantitative estimate of drug-likeness (QED) is 0.745. The van der Waals surface area contributed by atoms with Crippen LogP contribution in [-0.2, 0) is 11.2 Å². The van der Waals surface area contributed by atoms with Crippen molar-refractivity contribution in [2.24, 2.45) is 11.8 Å². The molecular weight excluding hydrogens is 358 g/mol. The molecule has 3 nitrogen and oxygen atoms in total. The molecule has 1 aromatic carbocycles. The van der Waals surface area contributed by atoms with E-state index in [9.17, 15) is 15.2 Å². The van der Waals surface area contributed by atoms with Crippen molar-refractivity contribution < 1.29 is 9.90 Å². The van der Waals surface area contributed by atoms with Crippen molar-refractivity contribution >= 4 is 23.0 Å². The Kier molecular flexibility index (Phi) is 4.70. The molecule has 1 fully saturated rings. The predicted octanol–water partition coefficient (Wildman–Crippen LogP) is 5.58. The highest BCUT2D eigenvalue weighted by molar-refractivity contribution is 6.32. The lowest BCUT2D eigenvalue weighted by molar-refractivity contribution is -0.117. The van der Waals surface area contributed by atoms with Crippen LogP contribution in [0, 0.1) is 23.2 Å². The Morgan fingerprint density at radius 3 is 2.81 bits per heavy atom. The van der Waals surface area contributed by atoms with E-state index in [4.69, 9.17) is 11.6 Å². The Morgan fingerprint density at radius 2 is 2.07 bits per heavy atom. The van der Waals surface area contributed by atoms with Crippen LogP contribution in [0.4, 0.5) is 0 Å². The predicted molar refractivity (Wildman–Crippen MR) is 106 cm³/mol. The monoisotopic (exact) mass is 379 g/mol. The topological polar surface area (TPSA) is 61.1 Å². The van der Waals surface area contributed by atoms with Crippen molar-refractivity contribution in [2.75, 3.05) is 0 Å². The minimum atomic E-state index is 0.0463. The maximum Gasteiger partial charge on any atom is 0.169 e. The zero-order valence-corrected chi connectivity index (χ0v) is 16.1. The number of aliphatic hydroxyl groups is 1. The van der Waals surface area contributed by atoms with E-state index in [0.29, 0.717) is 16.2 Å². The minimum Gasteiger partial charge on any atom is -0.511 e. The molecule has 0 amide bonds. The van der Waals surface area contributed by atoms with Crippen LogP contribution in [0.5, 0.6) is 0 Å². The number of hydrogen-bond donors (Lipinski definition) is 1. The zero-order chi connectivity index (χ0) is 19.1. The number of aryl methyl sites for hydroxylation is 1. The van der Waals surface area contributed by atoms with Gasteiger partial charge in [0.05, 0.1) is 16.2 Å². The standard InChI is InChI=1S/C23H22ClNO2/c1-2-13-3-4-15(14-7-8-20(24)18(9-14)12-25)11-19(13)21-22(26)16-5-6-17(10-16)23(21)27/h3-4,8-9,11,14,16-17,26H,2,5-7,10H2,1H3/t14?,16-,17+/m0/s1. The Bertz CT molecular complexity index is 948. The molecule has 138 valence electrons. The summed E-state index contributed by atoms with van der Waals surface area (Å²) in [4.78, 5) is 13.0. The highest BCUT2D eigenvalue weighted by atomic mass is 35.5. The summed E-state index contributed by atoms with van der Waals surface area (Å²) < 4.78 is 0. The van der Waals surface area contributed by atoms with Gasteiger partial charge in [-0.3, -0.25) is 4.79 Å². The van der Waals surface area contributed by atoms with Gasteiger partial charge in [-0.1, -0.05) is 48.9 Å². The maximum absolute atomic E-state index is 13.0. The fourth-order valence-corrected chi connectivity index (χ4v) is 4.85. The fraction of sp³-hybridized carbons (Fsp3) is 0.391. The lowest BCUT2D eigenvalue weighted by Gasteiger charge is -2.25. The summed E-state index contributed by atoms with van der Waals surface area (Å²) in [6, 6.07) is 8.29. The lowest BCUT2D eigenvalue weighted by Crippen LogP contribution is -2.22. The third kappa shape index (κ3) is 3.03. The summed E-state index contributed by atoms with van der Waals surface area (Å²) >= 11 is 6.10. The van der Waals surface area contributed by atoms with Crippen molar-refractivity contribution in [3.63, 3.8) is 0 Å². The summed E-state index contributed by atoms with van der Waals surface area (Å²) in [6.45, 7) is 2.06. The van der Waals surface area contributed by atoms with Gasteiger partial charge in [-0.25, -0.2) is 0 Å². The molecule has 0 spiro atoms. The number of rotatable bonds is 3. The maximum atomic E-state index is 13.0. The zero-order valence-electron chi connectivity index (χ0n) is 15.3. The van der Waals surface area contributed by atoms with Crippen LogP contribution in [0.25, 0.3) is 5.57 Å². The molecule has 0 heterocycles. The van der Waals surface area contributed by atoms with Gasteiger partial charge >= 0.3 is 0 Å². The molecule has 1 saturated carbocycles. The van der Waals surface area contributed by atoms with Crippen LogP contribution >= 0.6 is 11.6 Å². The first kappa shape index (κ1) is 18.1. The second-order valence-corrected chi connectivity index (χ2v) is 8.10. The van der Waals surface area contributed by atoms with Crippen molar-refractivity contribution in [1.29, 1.82) is 5.26 Å². The van der Waals surface area contributed by atoms with Gasteiger partial charge in [-0.2, -0.15) is 5.26 Å². The van der Waals surface area contributed by atoms with Gasteiger partial charge in [0.15, 0.2) is 5.78 Å². The SMILES string of the molecule is CCc1ccc(C2C=C(C#N)C(Cl)=CC2)cc1C1=C(O)[C@H]2CC[C@H](C2)C1=O. The second-order valence-electron chi connectivity index (χ2n) is 7.69. The average Bonchev–Trinajstić information content (AvgIpc) is 3.14. The first-order valence-corrected chi connectivity index (χ1v) is 9.99. The van der Waals surface area contributed by atoms with E-state index in [2.05, 4.69) is 25.1 Å². The van der Waals surface area contributed by atoms with E-state index < -0.39 is 0 Å². The molecule has 4 rings (SSSR count). The van der Waals surface area contributed by atoms with Gasteiger partial charge in [0.1, 0.15) is 11.8 Å². The van der Waals surface area contributed by atoms with E-state index in [0.717, 1.165) is 48.8 Å². The number of hydrogen-bond acceptors (Lipinski definition) is 3. The molecule has 0 radical (unpaired) electrons. The van der Waals surface area contributed by atoms with Crippen molar-refractivity contribution in [1.82, 2.24) is 0 Å². The molecule has 2 bridgehead atoms. The van der Waals surface area contributed by atoms with Gasteiger partial charge in [0, 0.05) is 17.8 Å². The van der Waals surface area contributed by atoms with Gasteiger partial charge in [-0.15, -0.1) is 0 Å². The van der Waals surface area contributed by atoms with Gasteiger partial charge < -0.3 is 5.11 Å². The molecule has 0 saturated heterocycles. The largest absolute Gasteiger partial charge is 0.511 e. The van der Waals surface area contributed by atoms with Crippen molar-refractivity contribution in [3.8, 4) is 6.07 Å². The number of allylic oxidation sites excluding steroid dienone is 6. The summed E-state index contributed by atoms with van der Waals surface area (Å²) in [6.07, 6.45) is 7.85. The lowest BCUT2D eigenvalue weighted by atomic mass is 9.80. The number of benzene rings is 1. The number of ketones is 1. The second kappa shape index (κ2) is 7.02. The summed E-state index contributed by atoms with van der Waals surface area (Å²) in [5, 5.41) is 20.6. The number of halogens is 1. The number of nitriles is 1. The molecule has 0 aliphatic heterocycles. The van der Waals surface area contributed by atoms with Gasteiger partial charge in [0.25, 0.3) is 0 Å². The van der Waals surface area contributed by atoms with Crippen LogP contribution in [0.1, 0.15) is 55.2 Å². The Labute approximate surface area is 164 Å². The van der Waals surface area contributed by atoms with Crippen LogP contribution < -0.4 is 0 Å². The molecule has 1 aromatic rings. The third-order valence-electron chi connectivity index (χ3n) is 6.20. The number of nitrogens with zero attached hydrogens (tertiary/aromatic N) is 1. The van der Waals surface area contributed by atoms with E-state index >= 15 is 0 Å². The average molecular weight is 380 g/mol. The Balaban J connectivity index is 1.80. The summed E-state index contributed by atoms with van der Waals surface area (Å²) in [5.74, 6) is 0.590. The molecule has 3 aliphatic carbocycles. The number of Topliss-reactive ketones (excluding diaryl/α,β-unsaturated/α-hetero) is 1. The van der Waals surface area contributed by atoms with E-state index in [1.54, 1.807) is 0 Å². The first-order chi connectivity index (χ1) is 13.0. The first-order valence-electron chi connectivity index (χ1n) is 9.62. The highest BCUT2D eigenvalue weighted by Crippen LogP contribution is 2.46. The molecule has 27 heavy (non-hydrogen) atoms. The number of aliphatic hydroxyl groups excluding tert-OH is 1. The van der Waals surface area contributed by atoms with Crippen LogP contribution in [-0.4, -0.2) is 10.9 Å². The minimum absolute atomic E-state index is 0.0463. The summed E-state index contributed by atoms with van der Waals surface area (Å²) in [5.41, 5.74) is 4.00. The highest BCUT2D eigenvalue weighted by Gasteiger charge is 2.41. The Morgan fingerprint density at radius 1 is 1.30 bits per heavy atom. The molecule has 4 heteroatoms. The van der Waals surface area contributed by atoms with E-state index in [1.165, 1.54) is 0 Å². The van der Waals surface area contributed by atoms with Gasteiger partial charge in [0.2, 0.25) is 0 Å². The van der Waals surface area contributed by atoms with Crippen molar-refractivity contribution in [3.05, 3.63) is 63.4 Å². The molecule has 1 N–H and O–H groups in total. The molecule has 1 unspecified atom stereocenters.